The molecule has 1 aliphatic heterocycles. The van der Waals surface area contributed by atoms with E-state index in [1.54, 1.807) is 6.08 Å². The fraction of sp³-hybridized carbons (Fsp3) is 0.333. The zero-order chi connectivity index (χ0) is 16.5. The molecule has 2 rings (SSSR count). The van der Waals surface area contributed by atoms with E-state index in [-0.39, 0.29) is 11.5 Å². The third-order valence-electron chi connectivity index (χ3n) is 3.30. The molecule has 0 saturated heterocycles. The molecule has 5 heteroatoms. The standard InChI is InChI=1S/C18H20N2O3/c1-2-22-9-5-8-20-18(21)16(12-19)11-14-10-15-6-3-4-7-17(15)23-13-14/h3-4,6-7,10-11H,2,5,8-9,13H2,1H3,(H,20,21)/b16-11-. The van der Waals surface area contributed by atoms with Crippen LogP contribution in [-0.2, 0) is 9.53 Å². The molecule has 1 aromatic carbocycles. The minimum atomic E-state index is -0.372. The van der Waals surface area contributed by atoms with Crippen molar-refractivity contribution >= 4 is 12.0 Å². The van der Waals surface area contributed by atoms with Crippen LogP contribution in [0.1, 0.15) is 18.9 Å². The summed E-state index contributed by atoms with van der Waals surface area (Å²) < 4.78 is 10.8. The van der Waals surface area contributed by atoms with Crippen molar-refractivity contribution in [1.82, 2.24) is 5.32 Å². The number of nitriles is 1. The van der Waals surface area contributed by atoms with Crippen LogP contribution in [-0.4, -0.2) is 32.3 Å². The number of fused-ring (bicyclic) bond motifs is 1. The fourth-order valence-electron chi connectivity index (χ4n) is 2.17. The lowest BCUT2D eigenvalue weighted by Crippen LogP contribution is -2.26. The van der Waals surface area contributed by atoms with E-state index in [4.69, 9.17) is 9.47 Å². The molecule has 0 spiro atoms. The number of benzene rings is 1. The molecule has 0 radical (unpaired) electrons. The fourth-order valence-corrected chi connectivity index (χ4v) is 2.17. The number of para-hydroxylation sites is 1. The van der Waals surface area contributed by atoms with Crippen LogP contribution in [0.15, 0.2) is 41.5 Å². The molecule has 120 valence electrons. The van der Waals surface area contributed by atoms with Crippen molar-refractivity contribution in [3.05, 3.63) is 47.1 Å². The highest BCUT2D eigenvalue weighted by Gasteiger charge is 2.13. The second kappa shape index (κ2) is 8.76. The maximum Gasteiger partial charge on any atom is 0.261 e. The number of ether oxygens (including phenoxy) is 2. The normalized spacial score (nSPS) is 13.4. The van der Waals surface area contributed by atoms with Gasteiger partial charge in [-0.1, -0.05) is 18.2 Å². The van der Waals surface area contributed by atoms with Crippen LogP contribution in [0, 0.1) is 11.3 Å². The summed E-state index contributed by atoms with van der Waals surface area (Å²) in [5.41, 5.74) is 1.82. The van der Waals surface area contributed by atoms with Gasteiger partial charge in [-0.15, -0.1) is 0 Å². The second-order valence-electron chi connectivity index (χ2n) is 5.02. The molecule has 0 fully saturated rings. The van der Waals surface area contributed by atoms with Crippen LogP contribution in [0.25, 0.3) is 6.08 Å². The molecule has 1 aliphatic rings. The van der Waals surface area contributed by atoms with E-state index in [1.807, 2.05) is 43.3 Å². The van der Waals surface area contributed by atoms with Crippen molar-refractivity contribution < 1.29 is 14.3 Å². The van der Waals surface area contributed by atoms with Gasteiger partial charge in [0.2, 0.25) is 0 Å². The Kier molecular flexibility index (Phi) is 6.40. The summed E-state index contributed by atoms with van der Waals surface area (Å²) in [6.07, 6.45) is 4.23. The van der Waals surface area contributed by atoms with Crippen LogP contribution in [0.2, 0.25) is 0 Å². The van der Waals surface area contributed by atoms with E-state index in [1.165, 1.54) is 0 Å². The topological polar surface area (TPSA) is 71.3 Å². The van der Waals surface area contributed by atoms with E-state index < -0.39 is 0 Å². The average molecular weight is 312 g/mol. The molecule has 0 aromatic heterocycles. The molecule has 0 atom stereocenters. The Morgan fingerprint density at radius 3 is 3.09 bits per heavy atom. The van der Waals surface area contributed by atoms with Gasteiger partial charge < -0.3 is 14.8 Å². The smallest absolute Gasteiger partial charge is 0.261 e. The van der Waals surface area contributed by atoms with Gasteiger partial charge in [0.15, 0.2) is 0 Å². The molecular weight excluding hydrogens is 292 g/mol. The number of carbonyl (C=O) groups excluding carboxylic acids is 1. The quantitative estimate of drug-likeness (QED) is 0.477. The number of carbonyl (C=O) groups is 1. The van der Waals surface area contributed by atoms with Gasteiger partial charge in [0.05, 0.1) is 0 Å². The number of amides is 1. The van der Waals surface area contributed by atoms with Crippen molar-refractivity contribution in [1.29, 1.82) is 5.26 Å². The predicted octanol–water partition coefficient (Wildman–Crippen LogP) is 2.46. The number of hydrogen-bond donors (Lipinski definition) is 1. The van der Waals surface area contributed by atoms with Gasteiger partial charge in [0.25, 0.3) is 5.91 Å². The minimum absolute atomic E-state index is 0.0793. The number of rotatable bonds is 7. The van der Waals surface area contributed by atoms with Gasteiger partial charge >= 0.3 is 0 Å². The second-order valence-corrected chi connectivity index (χ2v) is 5.02. The Morgan fingerprint density at radius 1 is 1.48 bits per heavy atom. The number of nitrogens with one attached hydrogen (secondary N) is 1. The maximum atomic E-state index is 12.0. The number of hydrogen-bond acceptors (Lipinski definition) is 4. The van der Waals surface area contributed by atoms with Crippen LogP contribution in [0.3, 0.4) is 0 Å². The van der Waals surface area contributed by atoms with Crippen molar-refractivity contribution in [2.24, 2.45) is 0 Å². The van der Waals surface area contributed by atoms with Gasteiger partial charge in [0.1, 0.15) is 24.0 Å². The van der Waals surface area contributed by atoms with Gasteiger partial charge in [-0.3, -0.25) is 4.79 Å². The van der Waals surface area contributed by atoms with Crippen molar-refractivity contribution in [2.45, 2.75) is 13.3 Å². The van der Waals surface area contributed by atoms with Gasteiger partial charge in [-0.05, 0) is 37.1 Å². The van der Waals surface area contributed by atoms with Crippen molar-refractivity contribution in [3.8, 4) is 11.8 Å². The summed E-state index contributed by atoms with van der Waals surface area (Å²) in [5, 5.41) is 11.9. The molecule has 0 saturated carbocycles. The average Bonchev–Trinajstić information content (AvgIpc) is 2.59. The van der Waals surface area contributed by atoms with E-state index in [9.17, 15) is 10.1 Å². The Labute approximate surface area is 136 Å². The Hall–Kier alpha value is -2.58. The lowest BCUT2D eigenvalue weighted by atomic mass is 10.1. The Bertz CT molecular complexity index is 656. The largest absolute Gasteiger partial charge is 0.488 e. The summed E-state index contributed by atoms with van der Waals surface area (Å²) in [7, 11) is 0. The summed E-state index contributed by atoms with van der Waals surface area (Å²) in [5.74, 6) is 0.437. The molecular formula is C18H20N2O3. The zero-order valence-corrected chi connectivity index (χ0v) is 13.2. The van der Waals surface area contributed by atoms with Crippen LogP contribution in [0.4, 0.5) is 0 Å². The zero-order valence-electron chi connectivity index (χ0n) is 13.2. The molecule has 0 aliphatic carbocycles. The van der Waals surface area contributed by atoms with Crippen molar-refractivity contribution in [3.63, 3.8) is 0 Å². The monoisotopic (exact) mass is 312 g/mol. The highest BCUT2D eigenvalue weighted by molar-refractivity contribution is 5.98. The minimum Gasteiger partial charge on any atom is -0.488 e. The Balaban J connectivity index is 1.98. The molecule has 1 aromatic rings. The highest BCUT2D eigenvalue weighted by Crippen LogP contribution is 2.26. The first-order chi connectivity index (χ1) is 11.2. The van der Waals surface area contributed by atoms with E-state index in [2.05, 4.69) is 5.32 Å². The third kappa shape index (κ3) is 4.97. The van der Waals surface area contributed by atoms with Crippen LogP contribution in [0.5, 0.6) is 5.75 Å². The van der Waals surface area contributed by atoms with E-state index in [0.717, 1.165) is 23.3 Å². The summed E-state index contributed by atoms with van der Waals surface area (Å²) in [6.45, 7) is 4.01. The van der Waals surface area contributed by atoms with E-state index in [0.29, 0.717) is 26.4 Å². The molecule has 0 unspecified atom stereocenters. The lowest BCUT2D eigenvalue weighted by Gasteiger charge is -2.16. The first-order valence-corrected chi connectivity index (χ1v) is 7.64. The maximum absolute atomic E-state index is 12.0. The summed E-state index contributed by atoms with van der Waals surface area (Å²) in [6, 6.07) is 9.60. The van der Waals surface area contributed by atoms with Gasteiger partial charge in [-0.25, -0.2) is 0 Å². The van der Waals surface area contributed by atoms with Crippen molar-refractivity contribution in [2.75, 3.05) is 26.4 Å². The van der Waals surface area contributed by atoms with Gasteiger partial charge in [0, 0.05) is 25.3 Å². The predicted molar refractivity (Wildman–Crippen MR) is 87.7 cm³/mol. The first kappa shape index (κ1) is 16.8. The summed E-state index contributed by atoms with van der Waals surface area (Å²) in [4.78, 5) is 12.0. The first-order valence-electron chi connectivity index (χ1n) is 7.64. The summed E-state index contributed by atoms with van der Waals surface area (Å²) >= 11 is 0. The molecule has 1 amide bonds. The molecule has 1 N–H and O–H groups in total. The van der Waals surface area contributed by atoms with Gasteiger partial charge in [-0.2, -0.15) is 5.26 Å². The highest BCUT2D eigenvalue weighted by atomic mass is 16.5. The molecule has 0 bridgehead atoms. The molecule has 1 heterocycles. The third-order valence-corrected chi connectivity index (χ3v) is 3.30. The molecule has 5 nitrogen and oxygen atoms in total. The van der Waals surface area contributed by atoms with Crippen LogP contribution >= 0.6 is 0 Å². The number of nitrogens with zero attached hydrogens (tertiary/aromatic N) is 1. The molecule has 23 heavy (non-hydrogen) atoms. The SMILES string of the molecule is CCOCCCNC(=O)/C(C#N)=C\C1=Cc2ccccc2OC1. The lowest BCUT2D eigenvalue weighted by molar-refractivity contribution is -0.117. The van der Waals surface area contributed by atoms with Crippen LogP contribution < -0.4 is 10.1 Å². The Morgan fingerprint density at radius 2 is 2.30 bits per heavy atom. The van der Waals surface area contributed by atoms with E-state index >= 15 is 0 Å².